The number of fused-ring (bicyclic) bond motifs is 1. The second-order valence-corrected chi connectivity index (χ2v) is 9.34. The van der Waals surface area contributed by atoms with Crippen LogP contribution >= 0.6 is 11.6 Å². The Morgan fingerprint density at radius 3 is 2.62 bits per heavy atom. The van der Waals surface area contributed by atoms with Crippen LogP contribution in [0.3, 0.4) is 0 Å². The molecule has 0 aliphatic carbocycles. The molecule has 0 spiro atoms. The average molecular weight is 480 g/mol. The van der Waals surface area contributed by atoms with Crippen LogP contribution in [0.4, 0.5) is 0 Å². The molecule has 0 saturated heterocycles. The van der Waals surface area contributed by atoms with Crippen molar-refractivity contribution in [3.63, 3.8) is 0 Å². The molecule has 1 atom stereocenters. The SMILES string of the molecule is CCCCCC1CN(Cc2cc(C)cc(C(=O)OC)c2)C(=O)c2cc(-c3ccc(Cl)cc3)nn21. The van der Waals surface area contributed by atoms with Crippen LogP contribution in [0.5, 0.6) is 0 Å². The van der Waals surface area contributed by atoms with Gasteiger partial charge in [-0.2, -0.15) is 5.10 Å². The number of methoxy groups -OCH3 is 1. The highest BCUT2D eigenvalue weighted by molar-refractivity contribution is 6.30. The molecule has 34 heavy (non-hydrogen) atoms. The number of unbranched alkanes of at least 4 members (excludes halogenated alkanes) is 2. The van der Waals surface area contributed by atoms with Crippen molar-refractivity contribution in [2.45, 2.75) is 52.1 Å². The molecule has 1 aliphatic rings. The van der Waals surface area contributed by atoms with E-state index in [9.17, 15) is 9.59 Å². The summed E-state index contributed by atoms with van der Waals surface area (Å²) in [6.45, 7) is 5.13. The van der Waals surface area contributed by atoms with Crippen molar-refractivity contribution in [2.75, 3.05) is 13.7 Å². The molecule has 0 bridgehead atoms. The Balaban J connectivity index is 1.65. The fourth-order valence-corrected chi connectivity index (χ4v) is 4.69. The number of esters is 1. The maximum Gasteiger partial charge on any atom is 0.337 e. The average Bonchev–Trinajstić information content (AvgIpc) is 3.27. The minimum absolute atomic E-state index is 0.0550. The Hall–Kier alpha value is -3.12. The van der Waals surface area contributed by atoms with E-state index < -0.39 is 0 Å². The molecule has 0 fully saturated rings. The largest absolute Gasteiger partial charge is 0.465 e. The van der Waals surface area contributed by atoms with Crippen LogP contribution in [-0.4, -0.2) is 40.2 Å². The highest BCUT2D eigenvalue weighted by Crippen LogP contribution is 2.31. The number of halogens is 1. The predicted octanol–water partition coefficient (Wildman–Crippen LogP) is 6.08. The highest BCUT2D eigenvalue weighted by Gasteiger charge is 2.33. The maximum atomic E-state index is 13.5. The summed E-state index contributed by atoms with van der Waals surface area (Å²) in [5.74, 6) is -0.432. The van der Waals surface area contributed by atoms with Crippen LogP contribution in [0.1, 0.15) is 70.6 Å². The fourth-order valence-electron chi connectivity index (χ4n) is 4.56. The Morgan fingerprint density at radius 1 is 1.15 bits per heavy atom. The van der Waals surface area contributed by atoms with Crippen molar-refractivity contribution in [1.82, 2.24) is 14.7 Å². The lowest BCUT2D eigenvalue weighted by molar-refractivity contribution is 0.0600. The molecule has 2 heterocycles. The van der Waals surface area contributed by atoms with Gasteiger partial charge in [-0.05, 0) is 54.8 Å². The fraction of sp³-hybridized carbons (Fsp3) is 0.370. The molecule has 6 nitrogen and oxygen atoms in total. The summed E-state index contributed by atoms with van der Waals surface area (Å²) >= 11 is 6.05. The molecule has 1 unspecified atom stereocenters. The van der Waals surface area contributed by atoms with Crippen LogP contribution < -0.4 is 0 Å². The molecular formula is C27H30ClN3O3. The second-order valence-electron chi connectivity index (χ2n) is 8.90. The van der Waals surface area contributed by atoms with Crippen molar-refractivity contribution in [3.8, 4) is 11.3 Å². The third kappa shape index (κ3) is 5.17. The summed E-state index contributed by atoms with van der Waals surface area (Å²) in [5, 5.41) is 5.49. The number of nitrogens with zero attached hydrogens (tertiary/aromatic N) is 3. The van der Waals surface area contributed by atoms with E-state index in [4.69, 9.17) is 21.4 Å². The highest BCUT2D eigenvalue weighted by atomic mass is 35.5. The van der Waals surface area contributed by atoms with Crippen molar-refractivity contribution in [2.24, 2.45) is 0 Å². The van der Waals surface area contributed by atoms with Gasteiger partial charge in [0.05, 0.1) is 24.4 Å². The van der Waals surface area contributed by atoms with Gasteiger partial charge in [0.1, 0.15) is 5.69 Å². The molecule has 1 aromatic heterocycles. The second kappa shape index (κ2) is 10.4. The normalized spacial score (nSPS) is 15.4. The molecule has 4 rings (SSSR count). The lowest BCUT2D eigenvalue weighted by Crippen LogP contribution is -2.42. The third-order valence-electron chi connectivity index (χ3n) is 6.23. The van der Waals surface area contributed by atoms with Gasteiger partial charge in [-0.1, -0.05) is 56.0 Å². The number of aryl methyl sites for hydroxylation is 1. The van der Waals surface area contributed by atoms with Crippen LogP contribution in [-0.2, 0) is 11.3 Å². The van der Waals surface area contributed by atoms with E-state index in [1.54, 1.807) is 6.07 Å². The zero-order valence-corrected chi connectivity index (χ0v) is 20.6. The van der Waals surface area contributed by atoms with Crippen molar-refractivity contribution in [3.05, 3.63) is 75.9 Å². The van der Waals surface area contributed by atoms with E-state index in [1.807, 2.05) is 59.0 Å². The first-order chi connectivity index (χ1) is 16.4. The van der Waals surface area contributed by atoms with Gasteiger partial charge in [0.25, 0.3) is 5.91 Å². The summed E-state index contributed by atoms with van der Waals surface area (Å²) in [6, 6.07) is 15.1. The third-order valence-corrected chi connectivity index (χ3v) is 6.48. The maximum absolute atomic E-state index is 13.5. The Morgan fingerprint density at radius 2 is 1.91 bits per heavy atom. The first-order valence-electron chi connectivity index (χ1n) is 11.7. The number of hydrogen-bond acceptors (Lipinski definition) is 4. The molecule has 178 valence electrons. The number of benzene rings is 2. The minimum Gasteiger partial charge on any atom is -0.465 e. The molecule has 1 amide bonds. The van der Waals surface area contributed by atoms with Crippen LogP contribution in [0.25, 0.3) is 11.3 Å². The quantitative estimate of drug-likeness (QED) is 0.290. The van der Waals surface area contributed by atoms with Gasteiger partial charge < -0.3 is 9.64 Å². The summed E-state index contributed by atoms with van der Waals surface area (Å²) in [5.41, 5.74) is 4.66. The molecule has 3 aromatic rings. The Bertz CT molecular complexity index is 1190. The number of carbonyl (C=O) groups is 2. The molecule has 0 N–H and O–H groups in total. The van der Waals surface area contributed by atoms with Gasteiger partial charge in [-0.25, -0.2) is 4.79 Å². The number of hydrogen-bond donors (Lipinski definition) is 0. The van der Waals surface area contributed by atoms with E-state index in [-0.39, 0.29) is 17.9 Å². The Labute approximate surface area is 205 Å². The number of rotatable bonds is 8. The number of ether oxygens (including phenoxy) is 1. The first kappa shape index (κ1) is 24.0. The van der Waals surface area contributed by atoms with E-state index in [1.165, 1.54) is 7.11 Å². The minimum atomic E-state index is -0.377. The van der Waals surface area contributed by atoms with Gasteiger partial charge in [0, 0.05) is 23.7 Å². The summed E-state index contributed by atoms with van der Waals surface area (Å²) in [4.78, 5) is 27.5. The van der Waals surface area contributed by atoms with E-state index in [0.717, 1.165) is 48.1 Å². The van der Waals surface area contributed by atoms with E-state index in [2.05, 4.69) is 6.92 Å². The zero-order chi connectivity index (χ0) is 24.2. The van der Waals surface area contributed by atoms with Gasteiger partial charge in [-0.3, -0.25) is 9.48 Å². The summed E-state index contributed by atoms with van der Waals surface area (Å²) in [6.07, 6.45) is 4.31. The van der Waals surface area contributed by atoms with Gasteiger partial charge in [0.2, 0.25) is 0 Å². The van der Waals surface area contributed by atoms with Gasteiger partial charge in [0.15, 0.2) is 0 Å². The smallest absolute Gasteiger partial charge is 0.337 e. The van der Waals surface area contributed by atoms with E-state index in [0.29, 0.717) is 29.4 Å². The predicted molar refractivity (Wildman–Crippen MR) is 133 cm³/mol. The molecule has 0 saturated carbocycles. The number of aromatic nitrogens is 2. The van der Waals surface area contributed by atoms with Crippen LogP contribution in [0.15, 0.2) is 48.5 Å². The number of amides is 1. The summed E-state index contributed by atoms with van der Waals surface area (Å²) < 4.78 is 6.80. The monoisotopic (exact) mass is 479 g/mol. The standard InChI is InChI=1S/C27H30ClN3O3/c1-4-5-6-7-23-17-30(16-19-12-18(2)13-21(14-19)27(33)34-3)26(32)25-15-24(29-31(23)25)20-8-10-22(28)11-9-20/h8-15,23H,4-7,16-17H2,1-3H3. The van der Waals surface area contributed by atoms with Crippen molar-refractivity contribution >= 4 is 23.5 Å². The molecule has 2 aromatic carbocycles. The van der Waals surface area contributed by atoms with Gasteiger partial charge in [-0.15, -0.1) is 0 Å². The zero-order valence-electron chi connectivity index (χ0n) is 19.9. The first-order valence-corrected chi connectivity index (χ1v) is 12.1. The lowest BCUT2D eigenvalue weighted by atomic mass is 10.0. The number of carbonyl (C=O) groups excluding carboxylic acids is 2. The van der Waals surface area contributed by atoms with Crippen molar-refractivity contribution < 1.29 is 14.3 Å². The molecule has 1 aliphatic heterocycles. The topological polar surface area (TPSA) is 64.4 Å². The molecule has 7 heteroatoms. The van der Waals surface area contributed by atoms with Crippen molar-refractivity contribution in [1.29, 1.82) is 0 Å². The summed E-state index contributed by atoms with van der Waals surface area (Å²) in [7, 11) is 1.37. The molecular weight excluding hydrogens is 450 g/mol. The van der Waals surface area contributed by atoms with Crippen LogP contribution in [0.2, 0.25) is 5.02 Å². The lowest BCUT2D eigenvalue weighted by Gasteiger charge is -2.34. The van der Waals surface area contributed by atoms with E-state index >= 15 is 0 Å². The molecule has 0 radical (unpaired) electrons. The van der Waals surface area contributed by atoms with Gasteiger partial charge >= 0.3 is 5.97 Å². The Kier molecular flexibility index (Phi) is 7.37. The van der Waals surface area contributed by atoms with Crippen LogP contribution in [0, 0.1) is 6.92 Å².